The summed E-state index contributed by atoms with van der Waals surface area (Å²) in [6.45, 7) is 3.35. The van der Waals surface area contributed by atoms with Gasteiger partial charge in [0.15, 0.2) is 5.78 Å². The summed E-state index contributed by atoms with van der Waals surface area (Å²) in [6, 6.07) is 1.82. The molecule has 4 heteroatoms. The van der Waals surface area contributed by atoms with Crippen LogP contribution in [0.15, 0.2) is 15.3 Å². The second-order valence-electron chi connectivity index (χ2n) is 5.57. The topological polar surface area (TPSA) is 56.5 Å². The van der Waals surface area contributed by atoms with E-state index >= 15 is 0 Å². The first-order valence-electron chi connectivity index (χ1n) is 7.21. The summed E-state index contributed by atoms with van der Waals surface area (Å²) in [5.41, 5.74) is 3.36. The van der Waals surface area contributed by atoms with Crippen molar-refractivity contribution in [1.29, 1.82) is 0 Å². The number of carbonyl (C=O) groups is 1. The smallest absolute Gasteiger partial charge is 0.339 e. The van der Waals surface area contributed by atoms with Gasteiger partial charge in [-0.1, -0.05) is 0 Å². The third-order valence-electron chi connectivity index (χ3n) is 4.28. The van der Waals surface area contributed by atoms with Crippen molar-refractivity contribution >= 4 is 16.8 Å². The number of aryl methyl sites for hydroxylation is 2. The summed E-state index contributed by atoms with van der Waals surface area (Å²) in [7, 11) is 1.52. The number of benzene rings is 1. The van der Waals surface area contributed by atoms with Crippen LogP contribution in [0.3, 0.4) is 0 Å². The molecule has 21 heavy (non-hydrogen) atoms. The lowest BCUT2D eigenvalue weighted by atomic mass is 9.89. The van der Waals surface area contributed by atoms with Crippen LogP contribution in [0.25, 0.3) is 11.0 Å². The Morgan fingerprint density at radius 3 is 2.52 bits per heavy atom. The Hall–Kier alpha value is -2.10. The average Bonchev–Trinajstić information content (AvgIpc) is 2.48. The van der Waals surface area contributed by atoms with Gasteiger partial charge in [-0.15, -0.1) is 0 Å². The Bertz CT molecular complexity index is 799. The first kappa shape index (κ1) is 13.9. The molecule has 2 aromatic rings. The summed E-state index contributed by atoms with van der Waals surface area (Å²) >= 11 is 0. The summed E-state index contributed by atoms with van der Waals surface area (Å²) in [4.78, 5) is 24.1. The zero-order valence-corrected chi connectivity index (χ0v) is 12.5. The maximum Gasteiger partial charge on any atom is 0.339 e. The van der Waals surface area contributed by atoms with Crippen molar-refractivity contribution in [3.8, 4) is 5.75 Å². The van der Waals surface area contributed by atoms with Gasteiger partial charge in [-0.05, 0) is 51.2 Å². The minimum atomic E-state index is -0.252. The molecule has 0 saturated carbocycles. The van der Waals surface area contributed by atoms with E-state index in [-0.39, 0.29) is 11.4 Å². The SMILES string of the molecule is COc1c(C(C)=O)cc2c3c(c(=O)oc2c1C)CCCC3. The van der Waals surface area contributed by atoms with E-state index in [2.05, 4.69) is 0 Å². The predicted octanol–water partition coefficient (Wildman–Crippen LogP) is 3.19. The Morgan fingerprint density at radius 2 is 1.90 bits per heavy atom. The van der Waals surface area contributed by atoms with Gasteiger partial charge in [0.25, 0.3) is 0 Å². The number of fused-ring (bicyclic) bond motifs is 3. The van der Waals surface area contributed by atoms with E-state index in [0.29, 0.717) is 22.5 Å². The highest BCUT2D eigenvalue weighted by molar-refractivity contribution is 6.02. The number of hydrogen-bond acceptors (Lipinski definition) is 4. The Kier molecular flexibility index (Phi) is 3.32. The molecule has 0 aliphatic heterocycles. The van der Waals surface area contributed by atoms with E-state index in [1.807, 2.05) is 13.0 Å². The molecule has 0 fully saturated rings. The summed E-state index contributed by atoms with van der Waals surface area (Å²) < 4.78 is 10.9. The first-order valence-corrected chi connectivity index (χ1v) is 7.21. The molecule has 1 aromatic heterocycles. The fraction of sp³-hybridized carbons (Fsp3) is 0.412. The summed E-state index contributed by atoms with van der Waals surface area (Å²) in [6.07, 6.45) is 3.69. The van der Waals surface area contributed by atoms with E-state index in [0.717, 1.165) is 42.2 Å². The lowest BCUT2D eigenvalue weighted by molar-refractivity contribution is 0.101. The summed E-state index contributed by atoms with van der Waals surface area (Å²) in [5.74, 6) is 0.446. The van der Waals surface area contributed by atoms with Crippen LogP contribution in [0.1, 0.15) is 46.8 Å². The largest absolute Gasteiger partial charge is 0.496 e. The van der Waals surface area contributed by atoms with Crippen molar-refractivity contribution < 1.29 is 13.9 Å². The molecule has 1 heterocycles. The highest BCUT2D eigenvalue weighted by Crippen LogP contribution is 2.35. The standard InChI is InChI=1S/C17H18O4/c1-9-15(20-3)13(10(2)18)8-14-11-6-4-5-7-12(11)17(19)21-16(9)14/h8H,4-7H2,1-3H3. The van der Waals surface area contributed by atoms with Crippen LogP contribution in [-0.2, 0) is 12.8 Å². The minimum absolute atomic E-state index is 0.0485. The number of ether oxygens (including phenoxy) is 1. The van der Waals surface area contributed by atoms with Gasteiger partial charge in [-0.3, -0.25) is 4.79 Å². The molecule has 0 unspecified atom stereocenters. The fourth-order valence-electron chi connectivity index (χ4n) is 3.24. The molecule has 0 spiro atoms. The first-order chi connectivity index (χ1) is 10.0. The number of methoxy groups -OCH3 is 1. The lowest BCUT2D eigenvalue weighted by Gasteiger charge is -2.19. The second kappa shape index (κ2) is 5.02. The van der Waals surface area contributed by atoms with Crippen molar-refractivity contribution in [2.24, 2.45) is 0 Å². The van der Waals surface area contributed by atoms with E-state index in [1.165, 1.54) is 14.0 Å². The Morgan fingerprint density at radius 1 is 1.24 bits per heavy atom. The van der Waals surface area contributed by atoms with Crippen molar-refractivity contribution in [3.63, 3.8) is 0 Å². The van der Waals surface area contributed by atoms with E-state index in [9.17, 15) is 9.59 Å². The van der Waals surface area contributed by atoms with Crippen LogP contribution >= 0.6 is 0 Å². The zero-order chi connectivity index (χ0) is 15.1. The average molecular weight is 286 g/mol. The van der Waals surface area contributed by atoms with Crippen LogP contribution < -0.4 is 10.4 Å². The molecule has 0 radical (unpaired) electrons. The van der Waals surface area contributed by atoms with Crippen LogP contribution in [-0.4, -0.2) is 12.9 Å². The molecule has 1 aromatic carbocycles. The van der Waals surface area contributed by atoms with Crippen LogP contribution in [0.5, 0.6) is 5.75 Å². The van der Waals surface area contributed by atoms with Gasteiger partial charge in [0, 0.05) is 16.5 Å². The van der Waals surface area contributed by atoms with Gasteiger partial charge in [-0.2, -0.15) is 0 Å². The van der Waals surface area contributed by atoms with Gasteiger partial charge in [0.05, 0.1) is 12.7 Å². The maximum atomic E-state index is 12.2. The van der Waals surface area contributed by atoms with E-state index in [4.69, 9.17) is 9.15 Å². The van der Waals surface area contributed by atoms with Gasteiger partial charge in [-0.25, -0.2) is 4.79 Å². The molecule has 110 valence electrons. The normalized spacial score (nSPS) is 14.0. The summed E-state index contributed by atoms with van der Waals surface area (Å²) in [5, 5.41) is 0.882. The van der Waals surface area contributed by atoms with Crippen molar-refractivity contribution in [1.82, 2.24) is 0 Å². The van der Waals surface area contributed by atoms with E-state index < -0.39 is 0 Å². The van der Waals surface area contributed by atoms with Crippen LogP contribution in [0, 0.1) is 6.92 Å². The van der Waals surface area contributed by atoms with Crippen LogP contribution in [0.2, 0.25) is 0 Å². The molecule has 0 atom stereocenters. The molecule has 1 aliphatic rings. The van der Waals surface area contributed by atoms with Crippen molar-refractivity contribution in [3.05, 3.63) is 38.7 Å². The molecule has 0 saturated heterocycles. The zero-order valence-electron chi connectivity index (χ0n) is 12.5. The Labute approximate surface area is 122 Å². The quantitative estimate of drug-likeness (QED) is 0.628. The third kappa shape index (κ3) is 2.06. The molecule has 0 N–H and O–H groups in total. The fourth-order valence-corrected chi connectivity index (χ4v) is 3.24. The molecule has 0 bridgehead atoms. The number of hydrogen-bond donors (Lipinski definition) is 0. The van der Waals surface area contributed by atoms with Gasteiger partial charge in [0.1, 0.15) is 11.3 Å². The minimum Gasteiger partial charge on any atom is -0.496 e. The molecular formula is C17H18O4. The Balaban J connectivity index is 2.46. The van der Waals surface area contributed by atoms with Gasteiger partial charge >= 0.3 is 5.63 Å². The predicted molar refractivity (Wildman–Crippen MR) is 80.4 cm³/mol. The third-order valence-corrected chi connectivity index (χ3v) is 4.28. The second-order valence-corrected chi connectivity index (χ2v) is 5.57. The van der Waals surface area contributed by atoms with Crippen molar-refractivity contribution in [2.75, 3.05) is 7.11 Å². The molecule has 1 aliphatic carbocycles. The van der Waals surface area contributed by atoms with Gasteiger partial charge in [0.2, 0.25) is 0 Å². The number of ketones is 1. The maximum absolute atomic E-state index is 12.2. The highest BCUT2D eigenvalue weighted by atomic mass is 16.5. The monoisotopic (exact) mass is 286 g/mol. The molecule has 0 amide bonds. The number of rotatable bonds is 2. The van der Waals surface area contributed by atoms with Gasteiger partial charge < -0.3 is 9.15 Å². The van der Waals surface area contributed by atoms with E-state index in [1.54, 1.807) is 0 Å². The number of Topliss-reactive ketones (excluding diaryl/α,β-unsaturated/α-hetero) is 1. The lowest BCUT2D eigenvalue weighted by Crippen LogP contribution is -2.16. The molecule has 4 nitrogen and oxygen atoms in total. The molecular weight excluding hydrogens is 268 g/mol. The van der Waals surface area contributed by atoms with Crippen molar-refractivity contribution in [2.45, 2.75) is 39.5 Å². The van der Waals surface area contributed by atoms with Crippen LogP contribution in [0.4, 0.5) is 0 Å². The highest BCUT2D eigenvalue weighted by Gasteiger charge is 2.23. The number of carbonyl (C=O) groups excluding carboxylic acids is 1. The molecule has 3 rings (SSSR count).